The van der Waals surface area contributed by atoms with Crippen molar-refractivity contribution in [2.45, 2.75) is 13.8 Å². The fraction of sp³-hybridized carbons (Fsp3) is 0.545. The normalized spacial score (nSPS) is 10.9. The van der Waals surface area contributed by atoms with Gasteiger partial charge in [-0.15, -0.1) is 10.2 Å². The van der Waals surface area contributed by atoms with Crippen molar-refractivity contribution in [3.63, 3.8) is 0 Å². The molecule has 0 bridgehead atoms. The number of hydrogen-bond donors (Lipinski definition) is 1. The van der Waals surface area contributed by atoms with Gasteiger partial charge in [-0.1, -0.05) is 6.92 Å². The second-order valence-corrected chi connectivity index (χ2v) is 3.75. The maximum atomic E-state index is 4.40. The van der Waals surface area contributed by atoms with Gasteiger partial charge in [0.15, 0.2) is 5.82 Å². The molecule has 0 fully saturated rings. The van der Waals surface area contributed by atoms with Crippen molar-refractivity contribution in [1.82, 2.24) is 24.9 Å². The first-order valence-corrected chi connectivity index (χ1v) is 5.96. The summed E-state index contributed by atoms with van der Waals surface area (Å²) in [4.78, 5) is 6.60. The quantitative estimate of drug-likeness (QED) is 0.740. The number of nitrogens with one attached hydrogen (secondary N) is 1. The van der Waals surface area contributed by atoms with Gasteiger partial charge in [0, 0.05) is 32.0 Å². The predicted octanol–water partition coefficient (Wildman–Crippen LogP) is 0.560. The molecule has 0 saturated heterocycles. The minimum absolute atomic E-state index is 0.811. The number of nitrogens with zero attached hydrogens (tertiary/aromatic N) is 5. The van der Waals surface area contributed by atoms with Crippen LogP contribution < -0.4 is 10.2 Å². The molecular weight excluding hydrogens is 216 g/mol. The highest BCUT2D eigenvalue weighted by Gasteiger charge is 2.11. The van der Waals surface area contributed by atoms with Crippen molar-refractivity contribution < 1.29 is 0 Å². The van der Waals surface area contributed by atoms with Crippen LogP contribution in [0.15, 0.2) is 18.7 Å². The average molecular weight is 234 g/mol. The third kappa shape index (κ3) is 2.52. The lowest BCUT2D eigenvalue weighted by Gasteiger charge is -2.21. The molecule has 0 spiro atoms. The van der Waals surface area contributed by atoms with Crippen LogP contribution >= 0.6 is 0 Å². The molecule has 0 aliphatic heterocycles. The molecule has 2 aromatic rings. The zero-order chi connectivity index (χ0) is 12.1. The molecule has 6 nitrogen and oxygen atoms in total. The zero-order valence-electron chi connectivity index (χ0n) is 10.3. The second kappa shape index (κ2) is 5.58. The number of hydrogen-bond acceptors (Lipinski definition) is 5. The Balaban J connectivity index is 2.20. The van der Waals surface area contributed by atoms with Gasteiger partial charge >= 0.3 is 0 Å². The van der Waals surface area contributed by atoms with E-state index in [1.807, 2.05) is 10.6 Å². The molecule has 2 rings (SSSR count). The average Bonchev–Trinajstić information content (AvgIpc) is 2.83. The zero-order valence-corrected chi connectivity index (χ0v) is 10.3. The Bertz CT molecular complexity index is 466. The molecule has 6 heteroatoms. The minimum atomic E-state index is 0.811. The van der Waals surface area contributed by atoms with Crippen LogP contribution in [0.3, 0.4) is 0 Å². The number of anilines is 1. The lowest BCUT2D eigenvalue weighted by molar-refractivity contribution is 0.684. The van der Waals surface area contributed by atoms with E-state index in [4.69, 9.17) is 0 Å². The lowest BCUT2D eigenvalue weighted by Crippen LogP contribution is -2.32. The maximum absolute atomic E-state index is 4.40. The molecule has 2 aromatic heterocycles. The van der Waals surface area contributed by atoms with Crippen LogP contribution in [-0.4, -0.2) is 45.8 Å². The van der Waals surface area contributed by atoms with E-state index in [1.54, 1.807) is 12.5 Å². The van der Waals surface area contributed by atoms with Gasteiger partial charge in [0.2, 0.25) is 5.65 Å². The van der Waals surface area contributed by atoms with Crippen molar-refractivity contribution >= 4 is 11.5 Å². The van der Waals surface area contributed by atoms with Crippen LogP contribution in [0.1, 0.15) is 13.8 Å². The van der Waals surface area contributed by atoms with Crippen LogP contribution in [0.2, 0.25) is 0 Å². The highest BCUT2D eigenvalue weighted by Crippen LogP contribution is 2.14. The molecule has 0 saturated carbocycles. The van der Waals surface area contributed by atoms with Gasteiger partial charge in [0.05, 0.1) is 0 Å². The van der Waals surface area contributed by atoms with Gasteiger partial charge in [-0.2, -0.15) is 0 Å². The minimum Gasteiger partial charge on any atom is -0.352 e. The van der Waals surface area contributed by atoms with Gasteiger partial charge in [-0.25, -0.2) is 4.98 Å². The smallest absolute Gasteiger partial charge is 0.203 e. The Morgan fingerprint density at radius 1 is 1.41 bits per heavy atom. The first kappa shape index (κ1) is 11.8. The van der Waals surface area contributed by atoms with Crippen molar-refractivity contribution in [1.29, 1.82) is 0 Å². The Hall–Kier alpha value is -1.69. The lowest BCUT2D eigenvalue weighted by atomic mass is 10.4. The summed E-state index contributed by atoms with van der Waals surface area (Å²) in [5.41, 5.74) is 0.811. The Labute approximate surface area is 101 Å². The number of fused-ring (bicyclic) bond motifs is 1. The second-order valence-electron chi connectivity index (χ2n) is 3.75. The predicted molar refractivity (Wildman–Crippen MR) is 67.2 cm³/mol. The summed E-state index contributed by atoms with van der Waals surface area (Å²) in [6.45, 7) is 7.98. The van der Waals surface area contributed by atoms with Crippen LogP contribution in [-0.2, 0) is 0 Å². The Morgan fingerprint density at radius 2 is 2.29 bits per heavy atom. The standard InChI is InChI=1S/C11H18N6/c1-3-12-5-7-16(4-2)10-11-15-14-9-17(11)8-6-13-10/h6,8-9,12H,3-5,7H2,1-2H3. The third-order valence-electron chi connectivity index (χ3n) is 2.69. The first-order valence-electron chi connectivity index (χ1n) is 5.96. The van der Waals surface area contributed by atoms with Gasteiger partial charge in [0.25, 0.3) is 0 Å². The Kier molecular flexibility index (Phi) is 3.87. The molecule has 0 atom stereocenters. The summed E-state index contributed by atoms with van der Waals surface area (Å²) >= 11 is 0. The fourth-order valence-corrected chi connectivity index (χ4v) is 1.77. The molecule has 92 valence electrons. The van der Waals surface area contributed by atoms with E-state index in [-0.39, 0.29) is 0 Å². The highest BCUT2D eigenvalue weighted by molar-refractivity contribution is 5.63. The summed E-state index contributed by atoms with van der Waals surface area (Å²) in [5, 5.41) is 11.3. The molecular formula is C11H18N6. The summed E-state index contributed by atoms with van der Waals surface area (Å²) < 4.78 is 1.89. The molecule has 0 aromatic carbocycles. The molecule has 0 aliphatic carbocycles. The number of rotatable bonds is 6. The molecule has 0 aliphatic rings. The van der Waals surface area contributed by atoms with Crippen LogP contribution in [0, 0.1) is 0 Å². The van der Waals surface area contributed by atoms with E-state index >= 15 is 0 Å². The summed E-state index contributed by atoms with van der Waals surface area (Å²) in [7, 11) is 0. The third-order valence-corrected chi connectivity index (χ3v) is 2.69. The van der Waals surface area contributed by atoms with Crippen molar-refractivity contribution in [2.75, 3.05) is 31.1 Å². The monoisotopic (exact) mass is 234 g/mol. The fourth-order valence-electron chi connectivity index (χ4n) is 1.77. The van der Waals surface area contributed by atoms with Crippen LogP contribution in [0.4, 0.5) is 5.82 Å². The maximum Gasteiger partial charge on any atom is 0.203 e. The SMILES string of the molecule is CCNCCN(CC)c1nccn2cnnc12. The van der Waals surface area contributed by atoms with Crippen molar-refractivity contribution in [2.24, 2.45) is 0 Å². The Morgan fingerprint density at radius 3 is 3.06 bits per heavy atom. The van der Waals surface area contributed by atoms with E-state index in [0.29, 0.717) is 0 Å². The molecule has 2 heterocycles. The van der Waals surface area contributed by atoms with Crippen LogP contribution in [0.25, 0.3) is 5.65 Å². The highest BCUT2D eigenvalue weighted by atomic mass is 15.3. The first-order chi connectivity index (χ1) is 8.36. The number of aromatic nitrogens is 4. The molecule has 0 unspecified atom stereocenters. The van der Waals surface area contributed by atoms with E-state index < -0.39 is 0 Å². The van der Waals surface area contributed by atoms with Crippen molar-refractivity contribution in [3.8, 4) is 0 Å². The molecule has 0 radical (unpaired) electrons. The van der Waals surface area contributed by atoms with Crippen LogP contribution in [0.5, 0.6) is 0 Å². The van der Waals surface area contributed by atoms with E-state index in [0.717, 1.165) is 37.6 Å². The van der Waals surface area contributed by atoms with Gasteiger partial charge in [0.1, 0.15) is 6.33 Å². The summed E-state index contributed by atoms with van der Waals surface area (Å²) in [6, 6.07) is 0. The van der Waals surface area contributed by atoms with Gasteiger partial charge in [-0.3, -0.25) is 4.40 Å². The van der Waals surface area contributed by atoms with E-state index in [2.05, 4.69) is 39.2 Å². The van der Waals surface area contributed by atoms with Gasteiger partial charge < -0.3 is 10.2 Å². The summed E-state index contributed by atoms with van der Waals surface area (Å²) in [5.74, 6) is 0.894. The molecule has 17 heavy (non-hydrogen) atoms. The van der Waals surface area contributed by atoms with Crippen molar-refractivity contribution in [3.05, 3.63) is 18.7 Å². The largest absolute Gasteiger partial charge is 0.352 e. The van der Waals surface area contributed by atoms with E-state index in [1.165, 1.54) is 0 Å². The van der Waals surface area contributed by atoms with Gasteiger partial charge in [-0.05, 0) is 13.5 Å². The van der Waals surface area contributed by atoms with E-state index in [9.17, 15) is 0 Å². The molecule has 1 N–H and O–H groups in total. The molecule has 0 amide bonds. The summed E-state index contributed by atoms with van der Waals surface area (Å²) in [6.07, 6.45) is 5.33. The topological polar surface area (TPSA) is 58.4 Å². The number of likely N-dealkylation sites (N-methyl/N-ethyl adjacent to an activating group) is 2.